The van der Waals surface area contributed by atoms with Gasteiger partial charge in [0.2, 0.25) is 5.88 Å². The molecule has 1 aromatic carbocycles. The summed E-state index contributed by atoms with van der Waals surface area (Å²) in [7, 11) is 0. The SMILES string of the molecule is CCOC(=O)CC1=C(C(=O)OCC)[C@H](c2cccc(F)c2)C(C#N)=C(N)O1. The van der Waals surface area contributed by atoms with Gasteiger partial charge in [0.1, 0.15) is 29.6 Å². The molecular weight excluding hydrogens is 355 g/mol. The molecule has 7 nitrogen and oxygen atoms in total. The van der Waals surface area contributed by atoms with Crippen LogP contribution in [0.1, 0.15) is 31.7 Å². The molecule has 0 bridgehead atoms. The second kappa shape index (κ2) is 8.85. The van der Waals surface area contributed by atoms with E-state index in [1.165, 1.54) is 18.2 Å². The standard InChI is InChI=1S/C19H19FN2O5/c1-3-25-15(23)9-14-17(19(24)26-4-2)16(13(10-21)18(22)27-14)11-6-5-7-12(20)8-11/h5-8,16H,3-4,9,22H2,1-2H3/t16-/m1/s1. The highest BCUT2D eigenvalue weighted by molar-refractivity contribution is 5.93. The van der Waals surface area contributed by atoms with E-state index in [1.54, 1.807) is 19.9 Å². The van der Waals surface area contributed by atoms with Gasteiger partial charge in [0, 0.05) is 0 Å². The Bertz CT molecular complexity index is 854. The lowest BCUT2D eigenvalue weighted by Crippen LogP contribution is -2.27. The number of benzene rings is 1. The molecule has 0 fully saturated rings. The maximum Gasteiger partial charge on any atom is 0.338 e. The molecular formula is C19H19FN2O5. The number of nitrogens with two attached hydrogens (primary N) is 1. The number of hydrogen-bond donors (Lipinski definition) is 1. The van der Waals surface area contributed by atoms with Crippen LogP contribution in [0.25, 0.3) is 0 Å². The van der Waals surface area contributed by atoms with Crippen molar-refractivity contribution in [2.45, 2.75) is 26.2 Å². The Hall–Kier alpha value is -3.34. The summed E-state index contributed by atoms with van der Waals surface area (Å²) in [6.45, 7) is 3.45. The Kier molecular flexibility index (Phi) is 6.55. The summed E-state index contributed by atoms with van der Waals surface area (Å²) >= 11 is 0. The topological polar surface area (TPSA) is 112 Å². The average molecular weight is 374 g/mol. The van der Waals surface area contributed by atoms with Crippen LogP contribution in [-0.4, -0.2) is 25.2 Å². The minimum atomic E-state index is -1.03. The highest BCUT2D eigenvalue weighted by Gasteiger charge is 2.38. The molecule has 8 heteroatoms. The summed E-state index contributed by atoms with van der Waals surface area (Å²) < 4.78 is 29.1. The van der Waals surface area contributed by atoms with Gasteiger partial charge in [0.25, 0.3) is 0 Å². The van der Waals surface area contributed by atoms with Gasteiger partial charge in [-0.05, 0) is 31.5 Å². The summed E-state index contributed by atoms with van der Waals surface area (Å²) in [6, 6.07) is 7.30. The molecule has 1 heterocycles. The van der Waals surface area contributed by atoms with E-state index in [0.29, 0.717) is 5.56 Å². The van der Waals surface area contributed by atoms with Crippen molar-refractivity contribution in [1.82, 2.24) is 0 Å². The Morgan fingerprint density at radius 2 is 2.00 bits per heavy atom. The average Bonchev–Trinajstić information content (AvgIpc) is 2.61. The molecule has 27 heavy (non-hydrogen) atoms. The summed E-state index contributed by atoms with van der Waals surface area (Å²) in [5, 5.41) is 9.52. The molecule has 1 aliphatic heterocycles. The Morgan fingerprint density at radius 1 is 1.30 bits per heavy atom. The van der Waals surface area contributed by atoms with Crippen molar-refractivity contribution in [3.63, 3.8) is 0 Å². The van der Waals surface area contributed by atoms with Crippen molar-refractivity contribution >= 4 is 11.9 Å². The van der Waals surface area contributed by atoms with E-state index < -0.39 is 23.7 Å². The molecule has 1 atom stereocenters. The molecule has 0 unspecified atom stereocenters. The van der Waals surface area contributed by atoms with Crippen LogP contribution in [0.15, 0.2) is 47.1 Å². The summed E-state index contributed by atoms with van der Waals surface area (Å²) in [4.78, 5) is 24.5. The fourth-order valence-electron chi connectivity index (χ4n) is 2.74. The molecule has 0 aromatic heterocycles. The van der Waals surface area contributed by atoms with Crippen LogP contribution in [0.3, 0.4) is 0 Å². The first-order valence-corrected chi connectivity index (χ1v) is 8.31. The van der Waals surface area contributed by atoms with Crippen LogP contribution in [0.2, 0.25) is 0 Å². The summed E-state index contributed by atoms with van der Waals surface area (Å²) in [5.41, 5.74) is 5.99. The molecule has 0 radical (unpaired) electrons. The smallest absolute Gasteiger partial charge is 0.338 e. The maximum absolute atomic E-state index is 13.8. The van der Waals surface area contributed by atoms with Crippen molar-refractivity contribution in [1.29, 1.82) is 5.26 Å². The molecule has 0 aliphatic carbocycles. The molecule has 1 aromatic rings. The lowest BCUT2D eigenvalue weighted by atomic mass is 9.82. The van der Waals surface area contributed by atoms with Crippen molar-refractivity contribution < 1.29 is 28.2 Å². The summed E-state index contributed by atoms with van der Waals surface area (Å²) in [5.74, 6) is -3.35. The van der Waals surface area contributed by atoms with Gasteiger partial charge in [-0.25, -0.2) is 9.18 Å². The first-order valence-electron chi connectivity index (χ1n) is 8.31. The van der Waals surface area contributed by atoms with Gasteiger partial charge in [-0.15, -0.1) is 0 Å². The van der Waals surface area contributed by atoms with E-state index >= 15 is 0 Å². The van der Waals surface area contributed by atoms with Gasteiger partial charge in [0.05, 0.1) is 24.7 Å². The monoisotopic (exact) mass is 374 g/mol. The number of halogens is 1. The minimum absolute atomic E-state index is 0.0615. The summed E-state index contributed by atoms with van der Waals surface area (Å²) in [6.07, 6.45) is -0.382. The number of allylic oxidation sites excluding steroid dienone is 1. The highest BCUT2D eigenvalue weighted by atomic mass is 19.1. The van der Waals surface area contributed by atoms with Gasteiger partial charge in [-0.3, -0.25) is 4.79 Å². The first-order chi connectivity index (χ1) is 12.9. The predicted molar refractivity (Wildman–Crippen MR) is 92.0 cm³/mol. The van der Waals surface area contributed by atoms with Crippen LogP contribution in [0, 0.1) is 17.1 Å². The zero-order valence-electron chi connectivity index (χ0n) is 15.0. The van der Waals surface area contributed by atoms with Gasteiger partial charge >= 0.3 is 11.9 Å². The van der Waals surface area contributed by atoms with Crippen molar-refractivity contribution in [2.75, 3.05) is 13.2 Å². The largest absolute Gasteiger partial charge is 0.466 e. The van der Waals surface area contributed by atoms with Gasteiger partial charge < -0.3 is 19.9 Å². The number of carbonyl (C=O) groups is 2. The number of ether oxygens (including phenoxy) is 3. The third-order valence-corrected chi connectivity index (χ3v) is 3.78. The van der Waals surface area contributed by atoms with E-state index in [-0.39, 0.29) is 42.4 Å². The van der Waals surface area contributed by atoms with Crippen LogP contribution < -0.4 is 5.73 Å². The fraction of sp³-hybridized carbons (Fsp3) is 0.316. The molecule has 0 spiro atoms. The molecule has 2 rings (SSSR count). The molecule has 0 amide bonds. The van der Waals surface area contributed by atoms with Crippen molar-refractivity contribution in [3.05, 3.63) is 58.4 Å². The van der Waals surface area contributed by atoms with E-state index in [0.717, 1.165) is 0 Å². The third kappa shape index (κ3) is 4.44. The highest BCUT2D eigenvalue weighted by Crippen LogP contribution is 2.40. The Balaban J connectivity index is 2.64. The van der Waals surface area contributed by atoms with Gasteiger partial charge in [-0.2, -0.15) is 5.26 Å². The second-order valence-corrected chi connectivity index (χ2v) is 5.52. The normalized spacial score (nSPS) is 16.4. The van der Waals surface area contributed by atoms with E-state index in [4.69, 9.17) is 19.9 Å². The van der Waals surface area contributed by atoms with Gasteiger partial charge in [-0.1, -0.05) is 12.1 Å². The number of esters is 2. The maximum atomic E-state index is 13.8. The Morgan fingerprint density at radius 3 is 2.59 bits per heavy atom. The number of carbonyl (C=O) groups excluding carboxylic acids is 2. The number of rotatable bonds is 6. The molecule has 0 saturated heterocycles. The van der Waals surface area contributed by atoms with Crippen LogP contribution in [0.5, 0.6) is 0 Å². The minimum Gasteiger partial charge on any atom is -0.466 e. The lowest BCUT2D eigenvalue weighted by Gasteiger charge is -2.27. The third-order valence-electron chi connectivity index (χ3n) is 3.78. The molecule has 1 aliphatic rings. The van der Waals surface area contributed by atoms with E-state index in [9.17, 15) is 19.2 Å². The molecule has 142 valence electrons. The van der Waals surface area contributed by atoms with Gasteiger partial charge in [0.15, 0.2) is 0 Å². The molecule has 2 N–H and O–H groups in total. The quantitative estimate of drug-likeness (QED) is 0.761. The van der Waals surface area contributed by atoms with Crippen LogP contribution >= 0.6 is 0 Å². The number of nitriles is 1. The number of hydrogen-bond acceptors (Lipinski definition) is 7. The number of nitrogens with zero attached hydrogens (tertiary/aromatic N) is 1. The zero-order valence-corrected chi connectivity index (χ0v) is 15.0. The zero-order chi connectivity index (χ0) is 20.0. The first kappa shape index (κ1) is 20.0. The van der Waals surface area contributed by atoms with Crippen LogP contribution in [0.4, 0.5) is 4.39 Å². The second-order valence-electron chi connectivity index (χ2n) is 5.52. The fourth-order valence-corrected chi connectivity index (χ4v) is 2.74. The van der Waals surface area contributed by atoms with E-state index in [2.05, 4.69) is 0 Å². The Labute approximate surface area is 155 Å². The van der Waals surface area contributed by atoms with Crippen molar-refractivity contribution in [3.8, 4) is 6.07 Å². The van der Waals surface area contributed by atoms with E-state index in [1.807, 2.05) is 6.07 Å². The van der Waals surface area contributed by atoms with Crippen LogP contribution in [-0.2, 0) is 23.8 Å². The van der Waals surface area contributed by atoms with Crippen molar-refractivity contribution in [2.24, 2.45) is 5.73 Å². The lowest BCUT2D eigenvalue weighted by molar-refractivity contribution is -0.143. The predicted octanol–water partition coefficient (Wildman–Crippen LogP) is 2.40. The molecule has 0 saturated carbocycles.